The molecule has 0 aliphatic carbocycles. The zero-order chi connectivity index (χ0) is 35.2. The van der Waals surface area contributed by atoms with E-state index in [0.717, 1.165) is 52.2 Å². The van der Waals surface area contributed by atoms with Crippen LogP contribution >= 0.6 is 0 Å². The van der Waals surface area contributed by atoms with Gasteiger partial charge in [-0.1, -0.05) is 116 Å². The molecule has 0 saturated heterocycles. The van der Waals surface area contributed by atoms with Crippen molar-refractivity contribution in [2.24, 2.45) is 0 Å². The number of para-hydroxylation sites is 5. The minimum absolute atomic E-state index is 0.0112. The molecule has 4 nitrogen and oxygen atoms in total. The van der Waals surface area contributed by atoms with E-state index in [1.165, 1.54) is 50.1 Å². The van der Waals surface area contributed by atoms with Crippen LogP contribution in [0.4, 0.5) is 17.1 Å². The molecule has 9 rings (SSSR count). The van der Waals surface area contributed by atoms with Gasteiger partial charge in [0, 0.05) is 28.8 Å². The SMILES string of the molecule is CCCc1ccnc(-c2cccc(B3c4ccccc4N(c4ccccc4)c4ccc(-c5nc6ccccc6n5-c5c(C)cccc5C)cc43)c2)c1. The highest BCUT2D eigenvalue weighted by atomic mass is 15.2. The Hall–Kier alpha value is -6.20. The van der Waals surface area contributed by atoms with Crippen molar-refractivity contribution in [2.45, 2.75) is 33.6 Å². The predicted octanol–water partition coefficient (Wildman–Crippen LogP) is 9.62. The van der Waals surface area contributed by atoms with Crippen molar-refractivity contribution >= 4 is 51.2 Å². The van der Waals surface area contributed by atoms with Crippen molar-refractivity contribution in [3.05, 3.63) is 175 Å². The maximum absolute atomic E-state index is 5.33. The summed E-state index contributed by atoms with van der Waals surface area (Å²) in [5.41, 5.74) is 17.5. The van der Waals surface area contributed by atoms with Gasteiger partial charge in [0.05, 0.1) is 22.4 Å². The molecule has 0 spiro atoms. The minimum atomic E-state index is -0.0112. The van der Waals surface area contributed by atoms with Gasteiger partial charge in [0.25, 0.3) is 0 Å². The highest BCUT2D eigenvalue weighted by molar-refractivity contribution is 6.98. The Labute approximate surface area is 306 Å². The van der Waals surface area contributed by atoms with Crippen LogP contribution in [0.3, 0.4) is 0 Å². The third kappa shape index (κ3) is 5.41. The summed E-state index contributed by atoms with van der Waals surface area (Å²) in [5.74, 6) is 0.941. The summed E-state index contributed by atoms with van der Waals surface area (Å²) >= 11 is 0. The lowest BCUT2D eigenvalue weighted by molar-refractivity contribution is 0.919. The first kappa shape index (κ1) is 31.8. The van der Waals surface area contributed by atoms with Gasteiger partial charge in [-0.25, -0.2) is 4.98 Å². The van der Waals surface area contributed by atoms with Crippen LogP contribution in [0.25, 0.3) is 39.4 Å². The molecule has 5 heteroatoms. The van der Waals surface area contributed by atoms with Crippen LogP contribution < -0.4 is 21.3 Å². The van der Waals surface area contributed by atoms with Crippen LogP contribution in [0.2, 0.25) is 0 Å². The molecule has 0 radical (unpaired) electrons. The largest absolute Gasteiger partial charge is 0.312 e. The van der Waals surface area contributed by atoms with E-state index in [9.17, 15) is 0 Å². The van der Waals surface area contributed by atoms with Crippen molar-refractivity contribution in [1.29, 1.82) is 0 Å². The molecule has 0 saturated carbocycles. The number of hydrogen-bond donors (Lipinski definition) is 0. The van der Waals surface area contributed by atoms with Crippen LogP contribution in [-0.4, -0.2) is 21.2 Å². The van der Waals surface area contributed by atoms with Crippen LogP contribution in [0.1, 0.15) is 30.0 Å². The van der Waals surface area contributed by atoms with Crippen molar-refractivity contribution in [3.63, 3.8) is 0 Å². The molecule has 0 bridgehead atoms. The number of pyridine rings is 1. The normalized spacial score (nSPS) is 12.2. The molecule has 0 amide bonds. The fraction of sp³-hybridized carbons (Fsp3) is 0.106. The maximum Gasteiger partial charge on any atom is 0.246 e. The highest BCUT2D eigenvalue weighted by Gasteiger charge is 2.36. The van der Waals surface area contributed by atoms with Crippen molar-refractivity contribution in [2.75, 3.05) is 4.90 Å². The van der Waals surface area contributed by atoms with E-state index in [1.807, 2.05) is 6.20 Å². The number of hydrogen-bond acceptors (Lipinski definition) is 3. The van der Waals surface area contributed by atoms with Gasteiger partial charge >= 0.3 is 0 Å². The Morgan fingerprint density at radius 2 is 1.37 bits per heavy atom. The summed E-state index contributed by atoms with van der Waals surface area (Å²) < 4.78 is 2.36. The first-order chi connectivity index (χ1) is 25.6. The second-order valence-corrected chi connectivity index (χ2v) is 13.9. The van der Waals surface area contributed by atoms with Gasteiger partial charge in [0.2, 0.25) is 6.71 Å². The Balaban J connectivity index is 1.29. The van der Waals surface area contributed by atoms with Crippen molar-refractivity contribution < 1.29 is 0 Å². The molecule has 0 atom stereocenters. The topological polar surface area (TPSA) is 34.0 Å². The van der Waals surface area contributed by atoms with Gasteiger partial charge in [-0.2, -0.15) is 0 Å². The zero-order valence-electron chi connectivity index (χ0n) is 29.8. The standard InChI is InChI=1S/C47H39BN4/c1-4-14-34-27-28-49-42(29-34)35-17-13-18-37(30-35)48-39-21-8-10-23-43(39)51(38-19-6-5-7-20-38)44-26-25-36(31-40(44)48)47-50-41-22-9-11-24-45(41)52(47)46-32(2)15-12-16-33(46)3/h5-13,15-31H,4,14H2,1-3H3. The van der Waals surface area contributed by atoms with Crippen LogP contribution in [-0.2, 0) is 6.42 Å². The molecule has 52 heavy (non-hydrogen) atoms. The lowest BCUT2D eigenvalue weighted by Gasteiger charge is -2.37. The number of aromatic nitrogens is 3. The Morgan fingerprint density at radius 1 is 0.615 bits per heavy atom. The minimum Gasteiger partial charge on any atom is -0.312 e. The van der Waals surface area contributed by atoms with Crippen molar-refractivity contribution in [1.82, 2.24) is 14.5 Å². The maximum atomic E-state index is 5.33. The number of imidazole rings is 1. The third-order valence-corrected chi connectivity index (χ3v) is 10.4. The lowest BCUT2D eigenvalue weighted by Crippen LogP contribution is -2.57. The fourth-order valence-electron chi connectivity index (χ4n) is 8.13. The highest BCUT2D eigenvalue weighted by Crippen LogP contribution is 2.38. The van der Waals surface area contributed by atoms with E-state index in [1.54, 1.807) is 0 Å². The van der Waals surface area contributed by atoms with E-state index in [-0.39, 0.29) is 6.71 Å². The molecular weight excluding hydrogens is 631 g/mol. The summed E-state index contributed by atoms with van der Waals surface area (Å²) in [5, 5.41) is 0. The molecular formula is C47H39BN4. The molecule has 3 heterocycles. The Kier molecular flexibility index (Phi) is 8.04. The summed E-state index contributed by atoms with van der Waals surface area (Å²) in [4.78, 5) is 12.6. The van der Waals surface area contributed by atoms with E-state index in [0.29, 0.717) is 0 Å². The first-order valence-electron chi connectivity index (χ1n) is 18.3. The summed E-state index contributed by atoms with van der Waals surface area (Å²) in [7, 11) is 0. The lowest BCUT2D eigenvalue weighted by atomic mass is 9.35. The summed E-state index contributed by atoms with van der Waals surface area (Å²) in [6.45, 7) is 6.60. The number of aryl methyl sites for hydroxylation is 3. The fourth-order valence-corrected chi connectivity index (χ4v) is 8.13. The molecule has 2 aromatic heterocycles. The number of benzene rings is 6. The van der Waals surface area contributed by atoms with Gasteiger partial charge in [-0.3, -0.25) is 9.55 Å². The summed E-state index contributed by atoms with van der Waals surface area (Å²) in [6, 6.07) is 54.9. The third-order valence-electron chi connectivity index (χ3n) is 10.4. The smallest absolute Gasteiger partial charge is 0.246 e. The van der Waals surface area contributed by atoms with E-state index < -0.39 is 0 Å². The van der Waals surface area contributed by atoms with Crippen LogP contribution in [0.15, 0.2) is 158 Å². The van der Waals surface area contributed by atoms with Gasteiger partial charge in [-0.05, 0) is 108 Å². The van der Waals surface area contributed by atoms with E-state index >= 15 is 0 Å². The van der Waals surface area contributed by atoms with E-state index in [2.05, 4.69) is 182 Å². The molecule has 1 aliphatic rings. The van der Waals surface area contributed by atoms with Crippen LogP contribution in [0, 0.1) is 13.8 Å². The second kappa shape index (κ2) is 13.2. The van der Waals surface area contributed by atoms with Gasteiger partial charge < -0.3 is 4.90 Å². The molecule has 0 fully saturated rings. The average molecular weight is 671 g/mol. The monoisotopic (exact) mass is 670 g/mol. The Morgan fingerprint density at radius 3 is 2.21 bits per heavy atom. The second-order valence-electron chi connectivity index (χ2n) is 13.9. The summed E-state index contributed by atoms with van der Waals surface area (Å²) in [6.07, 6.45) is 4.10. The number of nitrogens with zero attached hydrogens (tertiary/aromatic N) is 4. The molecule has 1 aliphatic heterocycles. The van der Waals surface area contributed by atoms with Crippen LogP contribution in [0.5, 0.6) is 0 Å². The number of rotatable bonds is 7. The average Bonchev–Trinajstić information content (AvgIpc) is 3.56. The van der Waals surface area contributed by atoms with Gasteiger partial charge in [-0.15, -0.1) is 0 Å². The van der Waals surface area contributed by atoms with Gasteiger partial charge in [0.15, 0.2) is 0 Å². The number of fused-ring (bicyclic) bond motifs is 3. The van der Waals surface area contributed by atoms with E-state index in [4.69, 9.17) is 9.97 Å². The molecule has 0 N–H and O–H groups in total. The first-order valence-corrected chi connectivity index (χ1v) is 18.3. The Bertz CT molecular complexity index is 2570. The quantitative estimate of drug-likeness (QED) is 0.159. The molecule has 6 aromatic carbocycles. The molecule has 8 aromatic rings. The predicted molar refractivity (Wildman–Crippen MR) is 219 cm³/mol. The molecule has 250 valence electrons. The zero-order valence-corrected chi connectivity index (χ0v) is 29.8. The number of anilines is 3. The van der Waals surface area contributed by atoms with Crippen molar-refractivity contribution in [3.8, 4) is 28.3 Å². The van der Waals surface area contributed by atoms with Gasteiger partial charge in [0.1, 0.15) is 5.82 Å². The molecule has 0 unspecified atom stereocenters.